The first-order valence-electron chi connectivity index (χ1n) is 12.0. The van der Waals surface area contributed by atoms with Crippen LogP contribution in [0.25, 0.3) is 0 Å². The summed E-state index contributed by atoms with van der Waals surface area (Å²) < 4.78 is 7.13. The molecule has 0 unspecified atom stereocenters. The Bertz CT molecular complexity index is 1180. The van der Waals surface area contributed by atoms with Gasteiger partial charge < -0.3 is 19.2 Å². The van der Waals surface area contributed by atoms with Crippen LogP contribution in [-0.4, -0.2) is 69.3 Å². The van der Waals surface area contributed by atoms with Crippen molar-refractivity contribution in [3.63, 3.8) is 0 Å². The lowest BCUT2D eigenvalue weighted by atomic mass is 10.0. The second-order valence-electron chi connectivity index (χ2n) is 8.71. The van der Waals surface area contributed by atoms with E-state index in [0.717, 1.165) is 24.3 Å². The van der Waals surface area contributed by atoms with Crippen LogP contribution in [0, 0.1) is 0 Å². The number of aryl methyl sites for hydroxylation is 2. The lowest BCUT2D eigenvalue weighted by Crippen LogP contribution is -2.49. The number of carbonyl (C=O) groups excluding carboxylic acids is 2. The van der Waals surface area contributed by atoms with E-state index in [1.165, 1.54) is 5.69 Å². The van der Waals surface area contributed by atoms with Gasteiger partial charge in [0.25, 0.3) is 11.8 Å². The summed E-state index contributed by atoms with van der Waals surface area (Å²) in [5.41, 5.74) is 3.86. The number of carbonyl (C=O) groups is 2. The molecule has 9 nitrogen and oxygen atoms in total. The number of aromatic nitrogens is 3. The number of piperazine rings is 1. The fraction of sp³-hybridized carbons (Fsp3) is 0.440. The zero-order chi connectivity index (χ0) is 23.7. The Morgan fingerprint density at radius 2 is 1.74 bits per heavy atom. The molecule has 0 spiro atoms. The molecule has 3 aromatic rings. The Labute approximate surface area is 198 Å². The van der Waals surface area contributed by atoms with Gasteiger partial charge in [-0.1, -0.05) is 30.3 Å². The van der Waals surface area contributed by atoms with E-state index in [4.69, 9.17) is 4.52 Å². The van der Waals surface area contributed by atoms with E-state index in [1.54, 1.807) is 11.0 Å². The van der Waals surface area contributed by atoms with Crippen molar-refractivity contribution in [2.75, 3.05) is 37.6 Å². The Morgan fingerprint density at radius 1 is 0.971 bits per heavy atom. The monoisotopic (exact) mass is 462 g/mol. The van der Waals surface area contributed by atoms with Crippen molar-refractivity contribution in [2.45, 2.75) is 39.8 Å². The SMILES string of the molecule is CCc1cc(C(=O)N2CCc3c(c(C(=O)N4CCN(c5ccccc5)CC4)nn3CC)C2)no1. The van der Waals surface area contributed by atoms with Gasteiger partial charge in [-0.25, -0.2) is 0 Å². The Kier molecular flexibility index (Phi) is 6.08. The topological polar surface area (TPSA) is 87.7 Å². The second-order valence-corrected chi connectivity index (χ2v) is 8.71. The minimum Gasteiger partial charge on any atom is -0.368 e. The predicted octanol–water partition coefficient (Wildman–Crippen LogP) is 2.61. The van der Waals surface area contributed by atoms with E-state index in [-0.39, 0.29) is 11.8 Å². The van der Waals surface area contributed by atoms with Crippen molar-refractivity contribution in [1.82, 2.24) is 24.7 Å². The highest BCUT2D eigenvalue weighted by atomic mass is 16.5. The highest BCUT2D eigenvalue weighted by Gasteiger charge is 2.33. The molecule has 178 valence electrons. The van der Waals surface area contributed by atoms with Gasteiger partial charge in [-0.3, -0.25) is 14.3 Å². The summed E-state index contributed by atoms with van der Waals surface area (Å²) in [6.45, 7) is 8.44. The lowest BCUT2D eigenvalue weighted by Gasteiger charge is -2.36. The molecule has 0 atom stereocenters. The number of amides is 2. The molecule has 0 aliphatic carbocycles. The van der Waals surface area contributed by atoms with Crippen LogP contribution in [-0.2, 0) is 25.9 Å². The van der Waals surface area contributed by atoms with Crippen molar-refractivity contribution < 1.29 is 14.1 Å². The third kappa shape index (κ3) is 4.06. The molecule has 9 heteroatoms. The number of nitrogens with zero attached hydrogens (tertiary/aromatic N) is 6. The van der Waals surface area contributed by atoms with E-state index in [9.17, 15) is 9.59 Å². The van der Waals surface area contributed by atoms with E-state index < -0.39 is 0 Å². The second kappa shape index (κ2) is 9.32. The van der Waals surface area contributed by atoms with Crippen LogP contribution in [0.5, 0.6) is 0 Å². The van der Waals surface area contributed by atoms with E-state index in [0.29, 0.717) is 62.7 Å². The minimum absolute atomic E-state index is 0.0554. The quantitative estimate of drug-likeness (QED) is 0.579. The third-order valence-corrected chi connectivity index (χ3v) is 6.74. The summed E-state index contributed by atoms with van der Waals surface area (Å²) in [5, 5.41) is 8.62. The van der Waals surface area contributed by atoms with Gasteiger partial charge in [0, 0.05) is 75.1 Å². The smallest absolute Gasteiger partial charge is 0.276 e. The maximum absolute atomic E-state index is 13.5. The van der Waals surface area contributed by atoms with Crippen LogP contribution in [0.4, 0.5) is 5.69 Å². The number of hydrogen-bond donors (Lipinski definition) is 0. The normalized spacial score (nSPS) is 16.0. The summed E-state index contributed by atoms with van der Waals surface area (Å²) >= 11 is 0. The molecule has 4 heterocycles. The highest BCUT2D eigenvalue weighted by molar-refractivity contribution is 5.95. The molecule has 0 N–H and O–H groups in total. The lowest BCUT2D eigenvalue weighted by molar-refractivity contribution is 0.0703. The Morgan fingerprint density at radius 3 is 2.41 bits per heavy atom. The minimum atomic E-state index is -0.173. The molecule has 5 rings (SSSR count). The summed E-state index contributed by atoms with van der Waals surface area (Å²) in [7, 11) is 0. The summed E-state index contributed by atoms with van der Waals surface area (Å²) in [5.74, 6) is 0.457. The molecule has 1 aromatic carbocycles. The molecule has 1 saturated heterocycles. The maximum atomic E-state index is 13.5. The standard InChI is InChI=1S/C25H30N6O3/c1-3-19-16-21(27-34-19)24(32)30-11-10-22-20(17-30)23(26-31(22)4-2)25(33)29-14-12-28(13-15-29)18-8-6-5-7-9-18/h5-9,16H,3-4,10-15,17H2,1-2H3. The number of para-hydroxylation sites is 1. The van der Waals surface area contributed by atoms with Crippen LogP contribution in [0.2, 0.25) is 0 Å². The largest absolute Gasteiger partial charge is 0.368 e. The van der Waals surface area contributed by atoms with Gasteiger partial charge in [0.05, 0.1) is 6.54 Å². The predicted molar refractivity (Wildman–Crippen MR) is 127 cm³/mol. The molecule has 2 aliphatic rings. The number of hydrogen-bond acceptors (Lipinski definition) is 6. The molecule has 2 aromatic heterocycles. The number of anilines is 1. The number of benzene rings is 1. The van der Waals surface area contributed by atoms with Gasteiger partial charge in [0.2, 0.25) is 0 Å². The molecule has 0 saturated carbocycles. The molecular weight excluding hydrogens is 432 g/mol. The van der Waals surface area contributed by atoms with Gasteiger partial charge in [0.15, 0.2) is 11.4 Å². The Balaban J connectivity index is 1.33. The number of rotatable bonds is 5. The highest BCUT2D eigenvalue weighted by Crippen LogP contribution is 2.26. The van der Waals surface area contributed by atoms with Gasteiger partial charge >= 0.3 is 0 Å². The van der Waals surface area contributed by atoms with E-state index in [2.05, 4.69) is 27.3 Å². The average Bonchev–Trinajstić information content (AvgIpc) is 3.53. The van der Waals surface area contributed by atoms with Gasteiger partial charge in [-0.2, -0.15) is 5.10 Å². The first-order chi connectivity index (χ1) is 16.6. The molecule has 1 fully saturated rings. The summed E-state index contributed by atoms with van der Waals surface area (Å²) in [6, 6.07) is 12.0. The van der Waals surface area contributed by atoms with Crippen LogP contribution in [0.3, 0.4) is 0 Å². The van der Waals surface area contributed by atoms with E-state index >= 15 is 0 Å². The molecular formula is C25H30N6O3. The van der Waals surface area contributed by atoms with Crippen molar-refractivity contribution in [3.05, 3.63) is 64.8 Å². The molecule has 2 aliphatic heterocycles. The van der Waals surface area contributed by atoms with Gasteiger partial charge in [-0.15, -0.1) is 0 Å². The van der Waals surface area contributed by atoms with Crippen LogP contribution < -0.4 is 4.90 Å². The number of fused-ring (bicyclic) bond motifs is 1. The molecule has 2 amide bonds. The Hall–Kier alpha value is -3.62. The van der Waals surface area contributed by atoms with Crippen molar-refractivity contribution in [2.24, 2.45) is 0 Å². The fourth-order valence-corrected chi connectivity index (χ4v) is 4.80. The molecule has 0 radical (unpaired) electrons. The van der Waals surface area contributed by atoms with Crippen molar-refractivity contribution in [1.29, 1.82) is 0 Å². The van der Waals surface area contributed by atoms with E-state index in [1.807, 2.05) is 41.6 Å². The van der Waals surface area contributed by atoms with Gasteiger partial charge in [0.1, 0.15) is 5.76 Å². The van der Waals surface area contributed by atoms with Crippen LogP contribution in [0.1, 0.15) is 51.8 Å². The summed E-state index contributed by atoms with van der Waals surface area (Å²) in [6.07, 6.45) is 1.35. The molecule has 34 heavy (non-hydrogen) atoms. The van der Waals surface area contributed by atoms with Crippen LogP contribution >= 0.6 is 0 Å². The zero-order valence-corrected chi connectivity index (χ0v) is 19.7. The van der Waals surface area contributed by atoms with Crippen molar-refractivity contribution in [3.8, 4) is 0 Å². The van der Waals surface area contributed by atoms with Crippen molar-refractivity contribution >= 4 is 17.5 Å². The summed E-state index contributed by atoms with van der Waals surface area (Å²) in [4.78, 5) is 32.5. The third-order valence-electron chi connectivity index (χ3n) is 6.74. The first kappa shape index (κ1) is 22.2. The zero-order valence-electron chi connectivity index (χ0n) is 19.7. The molecule has 0 bridgehead atoms. The average molecular weight is 463 g/mol. The van der Waals surface area contributed by atoms with Crippen LogP contribution in [0.15, 0.2) is 40.9 Å². The van der Waals surface area contributed by atoms with Gasteiger partial charge in [-0.05, 0) is 19.1 Å². The fourth-order valence-electron chi connectivity index (χ4n) is 4.80. The first-order valence-corrected chi connectivity index (χ1v) is 12.0. The maximum Gasteiger partial charge on any atom is 0.276 e.